The molecule has 3 nitrogen and oxygen atoms in total. The lowest BCUT2D eigenvalue weighted by Crippen LogP contribution is -2.07. The number of ether oxygens (including phenoxy) is 1. The third-order valence-electron chi connectivity index (χ3n) is 5.11. The van der Waals surface area contributed by atoms with Crippen LogP contribution in [0.25, 0.3) is 22.6 Å². The van der Waals surface area contributed by atoms with Crippen LogP contribution >= 0.6 is 11.6 Å². The summed E-state index contributed by atoms with van der Waals surface area (Å²) in [6.07, 6.45) is 2.01. The topological polar surface area (TPSA) is 27.1 Å². The second kappa shape index (κ2) is 6.94. The third-order valence-corrected chi connectivity index (χ3v) is 5.34. The standard InChI is InChI=1S/C25H19ClN2O/c1-16-10-12-17(13-11-16)23(18-6-5-7-19(26)14-18)25-21-15-28(2)27-24(21)20-8-3-4-9-22(20)29-25/h3-15H,1-2H3. The van der Waals surface area contributed by atoms with Crippen LogP contribution in [0.5, 0.6) is 5.75 Å². The SMILES string of the molecule is Cc1ccc(C(=C2Oc3ccccc3-c3nn(C)cc32)c2cccc(Cl)c2)cc1. The van der Waals surface area contributed by atoms with Crippen LogP contribution in [0, 0.1) is 6.92 Å². The Morgan fingerprint density at radius 1 is 0.897 bits per heavy atom. The maximum absolute atomic E-state index is 6.50. The highest BCUT2D eigenvalue weighted by atomic mass is 35.5. The highest BCUT2D eigenvalue weighted by Crippen LogP contribution is 2.45. The van der Waals surface area contributed by atoms with Crippen LogP contribution in [-0.4, -0.2) is 9.78 Å². The van der Waals surface area contributed by atoms with Crippen LogP contribution in [0.3, 0.4) is 0 Å². The first kappa shape index (κ1) is 17.8. The maximum Gasteiger partial charge on any atom is 0.146 e. The zero-order valence-electron chi connectivity index (χ0n) is 16.2. The molecule has 0 amide bonds. The fraction of sp³-hybridized carbons (Fsp3) is 0.0800. The van der Waals surface area contributed by atoms with Crippen LogP contribution in [0.4, 0.5) is 0 Å². The fourth-order valence-corrected chi connectivity index (χ4v) is 3.94. The van der Waals surface area contributed by atoms with E-state index >= 15 is 0 Å². The number of fused-ring (bicyclic) bond motifs is 3. The summed E-state index contributed by atoms with van der Waals surface area (Å²) in [4.78, 5) is 0. The number of hydrogen-bond donors (Lipinski definition) is 0. The zero-order chi connectivity index (χ0) is 20.0. The van der Waals surface area contributed by atoms with Crippen molar-refractivity contribution in [3.05, 3.63) is 106 Å². The minimum Gasteiger partial charge on any atom is -0.455 e. The highest BCUT2D eigenvalue weighted by molar-refractivity contribution is 6.30. The molecule has 0 saturated heterocycles. The Balaban J connectivity index is 1.84. The van der Waals surface area contributed by atoms with Crippen molar-refractivity contribution in [2.24, 2.45) is 7.05 Å². The van der Waals surface area contributed by atoms with Gasteiger partial charge in [-0.25, -0.2) is 0 Å². The lowest BCUT2D eigenvalue weighted by molar-refractivity contribution is 0.513. The summed E-state index contributed by atoms with van der Waals surface area (Å²) >= 11 is 6.35. The number of hydrogen-bond acceptors (Lipinski definition) is 2. The van der Waals surface area contributed by atoms with Crippen LogP contribution in [0.2, 0.25) is 5.02 Å². The fourth-order valence-electron chi connectivity index (χ4n) is 3.75. The predicted octanol–water partition coefficient (Wildman–Crippen LogP) is 6.36. The molecule has 142 valence electrons. The largest absolute Gasteiger partial charge is 0.455 e. The van der Waals surface area contributed by atoms with Gasteiger partial charge < -0.3 is 4.74 Å². The molecule has 4 aromatic rings. The molecule has 2 heterocycles. The number of rotatable bonds is 2. The molecule has 0 N–H and O–H groups in total. The van der Waals surface area contributed by atoms with Gasteiger partial charge in [-0.1, -0.05) is 65.7 Å². The van der Waals surface area contributed by atoms with Gasteiger partial charge in [-0.05, 0) is 42.3 Å². The van der Waals surface area contributed by atoms with Gasteiger partial charge in [0.15, 0.2) is 0 Å². The van der Waals surface area contributed by atoms with Crippen molar-refractivity contribution in [3.63, 3.8) is 0 Å². The molecule has 4 heteroatoms. The summed E-state index contributed by atoms with van der Waals surface area (Å²) in [6, 6.07) is 24.4. The number of nitrogens with zero attached hydrogens (tertiary/aromatic N) is 2. The van der Waals surface area contributed by atoms with Crippen LogP contribution in [0.1, 0.15) is 22.3 Å². The summed E-state index contributed by atoms with van der Waals surface area (Å²) in [6.45, 7) is 2.09. The Morgan fingerprint density at radius 2 is 1.69 bits per heavy atom. The number of aromatic nitrogens is 2. The second-order valence-electron chi connectivity index (χ2n) is 7.24. The number of aryl methyl sites for hydroxylation is 2. The molecule has 3 aromatic carbocycles. The summed E-state index contributed by atoms with van der Waals surface area (Å²) in [5, 5.41) is 5.41. The molecule has 0 spiro atoms. The predicted molar refractivity (Wildman–Crippen MR) is 118 cm³/mol. The maximum atomic E-state index is 6.50. The van der Waals surface area contributed by atoms with Gasteiger partial charge in [-0.2, -0.15) is 5.10 Å². The van der Waals surface area contributed by atoms with Crippen LogP contribution < -0.4 is 4.74 Å². The first-order chi connectivity index (χ1) is 14.1. The first-order valence-electron chi connectivity index (χ1n) is 9.49. The normalized spacial score (nSPS) is 14.0. The molecule has 0 unspecified atom stereocenters. The van der Waals surface area contributed by atoms with E-state index in [1.54, 1.807) is 0 Å². The molecule has 0 bridgehead atoms. The number of para-hydroxylation sites is 1. The average Bonchev–Trinajstić information content (AvgIpc) is 3.12. The van der Waals surface area contributed by atoms with Gasteiger partial charge in [-0.15, -0.1) is 0 Å². The molecule has 29 heavy (non-hydrogen) atoms. The molecule has 1 aliphatic rings. The summed E-state index contributed by atoms with van der Waals surface area (Å²) in [7, 11) is 1.93. The summed E-state index contributed by atoms with van der Waals surface area (Å²) in [5.74, 6) is 1.60. The van der Waals surface area contributed by atoms with E-state index in [2.05, 4.69) is 37.3 Å². The minimum atomic E-state index is 0.690. The van der Waals surface area contributed by atoms with E-state index in [-0.39, 0.29) is 0 Å². The van der Waals surface area contributed by atoms with Gasteiger partial charge in [0, 0.05) is 29.4 Å². The van der Waals surface area contributed by atoms with Crippen molar-refractivity contribution in [1.29, 1.82) is 0 Å². The molecule has 1 aliphatic heterocycles. The number of benzene rings is 3. The molecular formula is C25H19ClN2O. The van der Waals surface area contributed by atoms with E-state index in [1.165, 1.54) is 5.56 Å². The van der Waals surface area contributed by atoms with Crippen molar-refractivity contribution >= 4 is 22.9 Å². The van der Waals surface area contributed by atoms with E-state index in [4.69, 9.17) is 21.4 Å². The molecule has 0 atom stereocenters. The van der Waals surface area contributed by atoms with E-state index in [0.29, 0.717) is 5.02 Å². The molecular weight excluding hydrogens is 380 g/mol. The van der Waals surface area contributed by atoms with Crippen molar-refractivity contribution < 1.29 is 4.74 Å². The average molecular weight is 399 g/mol. The van der Waals surface area contributed by atoms with Crippen molar-refractivity contribution in [3.8, 4) is 17.0 Å². The Morgan fingerprint density at radius 3 is 2.48 bits per heavy atom. The van der Waals surface area contributed by atoms with Crippen molar-refractivity contribution in [2.45, 2.75) is 6.92 Å². The minimum absolute atomic E-state index is 0.690. The Kier molecular flexibility index (Phi) is 4.26. The van der Waals surface area contributed by atoms with E-state index in [1.807, 2.05) is 60.4 Å². The smallest absolute Gasteiger partial charge is 0.146 e. The highest BCUT2D eigenvalue weighted by Gasteiger charge is 2.28. The van der Waals surface area contributed by atoms with Gasteiger partial charge >= 0.3 is 0 Å². The van der Waals surface area contributed by atoms with Crippen LogP contribution in [0.15, 0.2) is 79.0 Å². The molecule has 0 aliphatic carbocycles. The van der Waals surface area contributed by atoms with Gasteiger partial charge in [0.25, 0.3) is 0 Å². The Bertz CT molecular complexity index is 1250. The quantitative estimate of drug-likeness (QED) is 0.393. The van der Waals surface area contributed by atoms with E-state index < -0.39 is 0 Å². The monoisotopic (exact) mass is 398 g/mol. The third kappa shape index (κ3) is 3.14. The number of halogens is 1. The zero-order valence-corrected chi connectivity index (χ0v) is 16.9. The van der Waals surface area contributed by atoms with Gasteiger partial charge in [-0.3, -0.25) is 4.68 Å². The summed E-state index contributed by atoms with van der Waals surface area (Å²) in [5.41, 5.74) is 7.18. The second-order valence-corrected chi connectivity index (χ2v) is 7.68. The van der Waals surface area contributed by atoms with E-state index in [9.17, 15) is 0 Å². The Labute approximate surface area is 174 Å². The molecule has 0 fully saturated rings. The summed E-state index contributed by atoms with van der Waals surface area (Å²) < 4.78 is 8.33. The van der Waals surface area contributed by atoms with Crippen molar-refractivity contribution in [2.75, 3.05) is 0 Å². The van der Waals surface area contributed by atoms with E-state index in [0.717, 1.165) is 45.0 Å². The van der Waals surface area contributed by atoms with Crippen molar-refractivity contribution in [1.82, 2.24) is 9.78 Å². The Hall–Kier alpha value is -3.30. The first-order valence-corrected chi connectivity index (χ1v) is 9.86. The van der Waals surface area contributed by atoms with Gasteiger partial charge in [0.05, 0.1) is 5.56 Å². The molecule has 0 saturated carbocycles. The van der Waals surface area contributed by atoms with Gasteiger partial charge in [0.2, 0.25) is 0 Å². The van der Waals surface area contributed by atoms with Crippen LogP contribution in [-0.2, 0) is 7.05 Å². The molecule has 5 rings (SSSR count). The molecule has 0 radical (unpaired) electrons. The molecule has 1 aromatic heterocycles. The lowest BCUT2D eigenvalue weighted by atomic mass is 9.91. The lowest BCUT2D eigenvalue weighted by Gasteiger charge is -2.23. The van der Waals surface area contributed by atoms with Gasteiger partial charge in [0.1, 0.15) is 17.2 Å².